The first-order chi connectivity index (χ1) is 29.5. The van der Waals surface area contributed by atoms with Crippen LogP contribution in [-0.2, 0) is 4.79 Å². The molecule has 354 valence electrons. The van der Waals surface area contributed by atoms with Gasteiger partial charge in [-0.3, -0.25) is 4.79 Å². The molecule has 4 atom stereocenters. The van der Waals surface area contributed by atoms with Crippen molar-refractivity contribution in [3.8, 4) is 0 Å². The Morgan fingerprint density at radius 1 is 0.400 bits per heavy atom. The zero-order valence-corrected chi connectivity index (χ0v) is 40.0. The maximum Gasteiger partial charge on any atom is 0.249 e. The van der Waals surface area contributed by atoms with E-state index in [4.69, 9.17) is 0 Å². The van der Waals surface area contributed by atoms with Gasteiger partial charge in [0.05, 0.1) is 18.8 Å². The van der Waals surface area contributed by atoms with Crippen LogP contribution in [-0.4, -0.2) is 57.3 Å². The van der Waals surface area contributed by atoms with Crippen LogP contribution in [0.15, 0.2) is 36.5 Å². The largest absolute Gasteiger partial charge is 0.394 e. The fourth-order valence-corrected chi connectivity index (χ4v) is 8.14. The van der Waals surface area contributed by atoms with E-state index in [1.54, 1.807) is 0 Å². The summed E-state index contributed by atoms with van der Waals surface area (Å²) in [5.74, 6) is -0.596. The van der Waals surface area contributed by atoms with Crippen molar-refractivity contribution in [1.82, 2.24) is 5.32 Å². The monoisotopic (exact) mass is 846 g/mol. The van der Waals surface area contributed by atoms with Crippen molar-refractivity contribution >= 4 is 5.91 Å². The highest BCUT2D eigenvalue weighted by molar-refractivity contribution is 5.80. The van der Waals surface area contributed by atoms with Crippen molar-refractivity contribution in [2.75, 3.05) is 6.61 Å². The minimum absolute atomic E-state index is 0.362. The third-order valence-electron chi connectivity index (χ3n) is 12.3. The molecule has 0 aliphatic rings. The first-order valence-electron chi connectivity index (χ1n) is 26.4. The number of aliphatic hydroxyl groups is 4. The molecule has 0 radical (unpaired) electrons. The van der Waals surface area contributed by atoms with E-state index >= 15 is 0 Å². The molecule has 0 aromatic carbocycles. The number of carbonyl (C=O) groups is 1. The molecule has 0 bridgehead atoms. The van der Waals surface area contributed by atoms with E-state index in [0.717, 1.165) is 51.4 Å². The molecule has 0 heterocycles. The third-order valence-corrected chi connectivity index (χ3v) is 12.3. The Hall–Kier alpha value is -1.47. The lowest BCUT2D eigenvalue weighted by molar-refractivity contribution is -0.132. The Morgan fingerprint density at radius 2 is 0.700 bits per heavy atom. The highest BCUT2D eigenvalue weighted by Crippen LogP contribution is 2.17. The van der Waals surface area contributed by atoms with Crippen molar-refractivity contribution in [3.63, 3.8) is 0 Å². The Balaban J connectivity index is 3.72. The second-order valence-corrected chi connectivity index (χ2v) is 18.2. The van der Waals surface area contributed by atoms with Crippen LogP contribution in [0.1, 0.15) is 271 Å². The van der Waals surface area contributed by atoms with Crippen LogP contribution in [0.25, 0.3) is 0 Å². The molecule has 0 saturated heterocycles. The van der Waals surface area contributed by atoms with E-state index in [-0.39, 0.29) is 0 Å². The highest BCUT2D eigenvalue weighted by atomic mass is 16.3. The molecule has 0 aromatic rings. The molecular formula is C54H103NO5. The molecule has 0 rings (SSSR count). The molecule has 6 nitrogen and oxygen atoms in total. The zero-order valence-electron chi connectivity index (χ0n) is 40.0. The van der Waals surface area contributed by atoms with Crippen LogP contribution in [0.5, 0.6) is 0 Å². The van der Waals surface area contributed by atoms with Gasteiger partial charge in [0.15, 0.2) is 0 Å². The third kappa shape index (κ3) is 41.9. The lowest BCUT2D eigenvalue weighted by Crippen LogP contribution is -2.53. The quantitative estimate of drug-likeness (QED) is 0.0309. The summed E-state index contributed by atoms with van der Waals surface area (Å²) in [4.78, 5) is 12.6. The topological polar surface area (TPSA) is 110 Å². The van der Waals surface area contributed by atoms with Crippen molar-refractivity contribution in [1.29, 1.82) is 0 Å². The van der Waals surface area contributed by atoms with Crippen molar-refractivity contribution in [2.45, 2.75) is 295 Å². The molecular weight excluding hydrogens is 743 g/mol. The smallest absolute Gasteiger partial charge is 0.249 e. The Labute approximate surface area is 373 Å². The number of rotatable bonds is 48. The SMILES string of the molecule is CCCCCCCCCC/C=C/CC/C=C/CC/C=C/CCCC(O)C(O)C(CO)NC(=O)C(O)CCCCCCCCCCCCCCCCCCCCCCCCC. The van der Waals surface area contributed by atoms with Crippen LogP contribution in [0.4, 0.5) is 0 Å². The number of aliphatic hydroxyl groups excluding tert-OH is 4. The molecule has 60 heavy (non-hydrogen) atoms. The van der Waals surface area contributed by atoms with Crippen LogP contribution in [0.3, 0.4) is 0 Å². The maximum atomic E-state index is 12.6. The number of allylic oxidation sites excluding steroid dienone is 6. The van der Waals surface area contributed by atoms with Gasteiger partial charge in [0, 0.05) is 0 Å². The standard InChI is InChI=1S/C54H103NO5/c1-3-5-7-9-11-13-15-17-19-21-23-25-26-28-30-32-34-36-38-40-42-44-46-48-52(58)54(60)55-50(49-56)53(59)51(57)47-45-43-41-39-37-35-33-31-29-27-24-22-20-18-16-14-12-10-8-6-4-2/h22,24,31,33,39,41,50-53,56-59H,3-21,23,25-30,32,34-38,40,42-49H2,1-2H3,(H,55,60)/b24-22+,33-31+,41-39+. The summed E-state index contributed by atoms with van der Waals surface area (Å²) in [6.07, 6.45) is 59.1. The van der Waals surface area contributed by atoms with Gasteiger partial charge in [0.1, 0.15) is 12.2 Å². The van der Waals surface area contributed by atoms with Gasteiger partial charge in [-0.15, -0.1) is 0 Å². The predicted molar refractivity (Wildman–Crippen MR) is 260 cm³/mol. The number of hydrogen-bond donors (Lipinski definition) is 5. The molecule has 0 aromatic heterocycles. The van der Waals surface area contributed by atoms with Crippen LogP contribution < -0.4 is 5.32 Å². The van der Waals surface area contributed by atoms with E-state index in [1.165, 1.54) is 186 Å². The van der Waals surface area contributed by atoms with Gasteiger partial charge in [0.25, 0.3) is 0 Å². The van der Waals surface area contributed by atoms with E-state index in [2.05, 4.69) is 55.6 Å². The highest BCUT2D eigenvalue weighted by Gasteiger charge is 2.28. The molecule has 1 amide bonds. The average molecular weight is 846 g/mol. The summed E-state index contributed by atoms with van der Waals surface area (Å²) in [7, 11) is 0. The molecule has 0 aliphatic heterocycles. The molecule has 0 fully saturated rings. The Bertz CT molecular complexity index is 950. The fraction of sp³-hybridized carbons (Fsp3) is 0.870. The fourth-order valence-electron chi connectivity index (χ4n) is 8.14. The normalized spacial score (nSPS) is 14.2. The summed E-state index contributed by atoms with van der Waals surface area (Å²) in [6.45, 7) is 4.06. The summed E-state index contributed by atoms with van der Waals surface area (Å²) < 4.78 is 0. The molecule has 6 heteroatoms. The van der Waals surface area contributed by atoms with Gasteiger partial charge in [-0.25, -0.2) is 0 Å². The van der Waals surface area contributed by atoms with Crippen molar-refractivity contribution in [2.24, 2.45) is 0 Å². The van der Waals surface area contributed by atoms with Gasteiger partial charge < -0.3 is 25.7 Å². The average Bonchev–Trinajstić information content (AvgIpc) is 3.25. The number of amides is 1. The number of unbranched alkanes of at least 4 members (excludes halogenated alkanes) is 33. The molecule has 0 saturated carbocycles. The second kappa shape index (κ2) is 48.6. The van der Waals surface area contributed by atoms with E-state index in [1.807, 2.05) is 0 Å². The molecule has 4 unspecified atom stereocenters. The number of nitrogens with one attached hydrogen (secondary N) is 1. The van der Waals surface area contributed by atoms with Gasteiger partial charge in [-0.2, -0.15) is 0 Å². The van der Waals surface area contributed by atoms with Crippen LogP contribution in [0, 0.1) is 0 Å². The summed E-state index contributed by atoms with van der Waals surface area (Å²) in [5, 5.41) is 43.9. The van der Waals surface area contributed by atoms with Crippen LogP contribution in [0.2, 0.25) is 0 Å². The Morgan fingerprint density at radius 3 is 1.05 bits per heavy atom. The van der Waals surface area contributed by atoms with E-state index < -0.39 is 36.9 Å². The van der Waals surface area contributed by atoms with Gasteiger partial charge in [-0.05, 0) is 64.2 Å². The zero-order chi connectivity index (χ0) is 43.8. The number of carbonyl (C=O) groups excluding carboxylic acids is 1. The first-order valence-corrected chi connectivity index (χ1v) is 26.4. The number of hydrogen-bond acceptors (Lipinski definition) is 5. The second-order valence-electron chi connectivity index (χ2n) is 18.2. The van der Waals surface area contributed by atoms with Crippen LogP contribution >= 0.6 is 0 Å². The summed E-state index contributed by atoms with van der Waals surface area (Å²) in [6, 6.07) is -1.01. The first kappa shape index (κ1) is 58.5. The van der Waals surface area contributed by atoms with E-state index in [9.17, 15) is 25.2 Å². The maximum absolute atomic E-state index is 12.6. The minimum atomic E-state index is -1.29. The lowest BCUT2D eigenvalue weighted by atomic mass is 10.00. The van der Waals surface area contributed by atoms with Gasteiger partial charge in [-0.1, -0.05) is 243 Å². The van der Waals surface area contributed by atoms with Gasteiger partial charge >= 0.3 is 0 Å². The molecule has 0 aliphatic carbocycles. The summed E-state index contributed by atoms with van der Waals surface area (Å²) in [5.41, 5.74) is 0. The van der Waals surface area contributed by atoms with Crippen molar-refractivity contribution in [3.05, 3.63) is 36.5 Å². The summed E-state index contributed by atoms with van der Waals surface area (Å²) >= 11 is 0. The predicted octanol–water partition coefficient (Wildman–Crippen LogP) is 14.9. The van der Waals surface area contributed by atoms with Gasteiger partial charge in [0.2, 0.25) is 5.91 Å². The van der Waals surface area contributed by atoms with Crippen molar-refractivity contribution < 1.29 is 25.2 Å². The van der Waals surface area contributed by atoms with E-state index in [0.29, 0.717) is 19.3 Å². The lowest BCUT2D eigenvalue weighted by Gasteiger charge is -2.27. The molecule has 5 N–H and O–H groups in total. The minimum Gasteiger partial charge on any atom is -0.394 e. The molecule has 0 spiro atoms. The Kier molecular flexibility index (Phi) is 47.4.